The molecule has 1 saturated heterocycles. The molecule has 21 heavy (non-hydrogen) atoms. The summed E-state index contributed by atoms with van der Waals surface area (Å²) in [5, 5.41) is 10.0. The van der Waals surface area contributed by atoms with Gasteiger partial charge in [-0.25, -0.2) is 9.78 Å². The molecule has 1 aliphatic rings. The molecule has 6 heteroatoms. The Balaban J connectivity index is 1.97. The van der Waals surface area contributed by atoms with E-state index in [4.69, 9.17) is 0 Å². The Kier molecular flexibility index (Phi) is 3.55. The number of nitrogens with zero attached hydrogens (tertiary/aromatic N) is 2. The van der Waals surface area contributed by atoms with Crippen LogP contribution in [0.1, 0.15) is 17.4 Å². The topological polar surface area (TPSA) is 70.5 Å². The van der Waals surface area contributed by atoms with E-state index in [9.17, 15) is 14.7 Å². The van der Waals surface area contributed by atoms with Crippen LogP contribution in [-0.4, -0.2) is 44.0 Å². The van der Waals surface area contributed by atoms with Crippen molar-refractivity contribution in [2.45, 2.75) is 18.3 Å². The molecule has 5 nitrogen and oxygen atoms in total. The molecule has 2 aromatic rings. The summed E-state index contributed by atoms with van der Waals surface area (Å²) in [6, 6.07) is 10.2. The van der Waals surface area contributed by atoms with E-state index in [0.717, 1.165) is 10.9 Å². The van der Waals surface area contributed by atoms with Crippen LogP contribution in [-0.2, 0) is 4.79 Å². The first-order chi connectivity index (χ1) is 10.1. The van der Waals surface area contributed by atoms with Crippen molar-refractivity contribution in [2.75, 3.05) is 5.75 Å². The number of aliphatic carboxylic acids is 1. The summed E-state index contributed by atoms with van der Waals surface area (Å²) < 4.78 is 0. The molecule has 2 heterocycles. The maximum atomic E-state index is 12.6. The number of hydrogen-bond acceptors (Lipinski definition) is 4. The molecule has 0 aliphatic carbocycles. The molecular weight excluding hydrogens is 288 g/mol. The first kappa shape index (κ1) is 13.9. The number of pyridine rings is 1. The lowest BCUT2D eigenvalue weighted by molar-refractivity contribution is -0.141. The zero-order valence-corrected chi connectivity index (χ0v) is 12.2. The zero-order valence-electron chi connectivity index (χ0n) is 11.4. The summed E-state index contributed by atoms with van der Waals surface area (Å²) in [5.74, 6) is -0.887. The van der Waals surface area contributed by atoms with Crippen molar-refractivity contribution in [2.24, 2.45) is 0 Å². The van der Waals surface area contributed by atoms with E-state index < -0.39 is 12.0 Å². The Bertz CT molecular complexity index is 719. The lowest BCUT2D eigenvalue weighted by atomic mass is 10.2. The molecule has 1 amide bonds. The second-order valence-corrected chi connectivity index (χ2v) is 6.24. The summed E-state index contributed by atoms with van der Waals surface area (Å²) in [6.07, 6.45) is 0. The standard InChI is InChI=1S/C15H14N2O3S/c1-9-17(13(8-21-9)15(19)20)14(18)12-7-6-10-4-2-3-5-11(10)16-12/h2-7,9,13H,8H2,1H3,(H,19,20). The number of fused-ring (bicyclic) bond motifs is 1. The Labute approximate surface area is 126 Å². The first-order valence-electron chi connectivity index (χ1n) is 6.61. The molecule has 0 spiro atoms. The van der Waals surface area contributed by atoms with E-state index in [-0.39, 0.29) is 17.0 Å². The summed E-state index contributed by atoms with van der Waals surface area (Å²) in [6.45, 7) is 1.84. The van der Waals surface area contributed by atoms with Crippen LogP contribution in [0.2, 0.25) is 0 Å². The smallest absolute Gasteiger partial charge is 0.327 e. The normalized spacial score (nSPS) is 21.7. The van der Waals surface area contributed by atoms with Crippen LogP contribution in [0.25, 0.3) is 10.9 Å². The zero-order chi connectivity index (χ0) is 15.0. The van der Waals surface area contributed by atoms with Crippen LogP contribution in [0.5, 0.6) is 0 Å². The first-order valence-corrected chi connectivity index (χ1v) is 7.65. The fourth-order valence-electron chi connectivity index (χ4n) is 2.46. The highest BCUT2D eigenvalue weighted by Gasteiger charge is 2.40. The van der Waals surface area contributed by atoms with Crippen molar-refractivity contribution in [3.05, 3.63) is 42.1 Å². The predicted octanol–water partition coefficient (Wildman–Crippen LogP) is 2.22. The van der Waals surface area contributed by atoms with Gasteiger partial charge in [-0.1, -0.05) is 24.3 Å². The number of para-hydroxylation sites is 1. The number of carbonyl (C=O) groups is 2. The van der Waals surface area contributed by atoms with Crippen LogP contribution >= 0.6 is 11.8 Å². The third kappa shape index (κ3) is 2.47. The van der Waals surface area contributed by atoms with E-state index in [1.54, 1.807) is 6.07 Å². The summed E-state index contributed by atoms with van der Waals surface area (Å²) >= 11 is 1.46. The minimum atomic E-state index is -0.971. The number of amides is 1. The van der Waals surface area contributed by atoms with Gasteiger partial charge in [-0.3, -0.25) is 4.79 Å². The highest BCUT2D eigenvalue weighted by atomic mass is 32.2. The summed E-state index contributed by atoms with van der Waals surface area (Å²) in [4.78, 5) is 29.6. The van der Waals surface area contributed by atoms with Crippen molar-refractivity contribution in [1.82, 2.24) is 9.88 Å². The Hall–Kier alpha value is -2.08. The van der Waals surface area contributed by atoms with Gasteiger partial charge in [0.2, 0.25) is 0 Å². The Morgan fingerprint density at radius 2 is 2.05 bits per heavy atom. The van der Waals surface area contributed by atoms with Gasteiger partial charge in [0.05, 0.1) is 10.9 Å². The van der Waals surface area contributed by atoms with Crippen LogP contribution in [0.3, 0.4) is 0 Å². The van der Waals surface area contributed by atoms with Gasteiger partial charge >= 0.3 is 5.97 Å². The molecule has 1 N–H and O–H groups in total. The monoisotopic (exact) mass is 302 g/mol. The summed E-state index contributed by atoms with van der Waals surface area (Å²) in [7, 11) is 0. The van der Waals surface area contributed by atoms with Crippen LogP contribution in [0.4, 0.5) is 0 Å². The highest BCUT2D eigenvalue weighted by molar-refractivity contribution is 8.00. The molecule has 108 valence electrons. The SMILES string of the molecule is CC1SCC(C(=O)O)N1C(=O)c1ccc2ccccc2n1. The second kappa shape index (κ2) is 5.37. The lowest BCUT2D eigenvalue weighted by Gasteiger charge is -2.24. The fourth-order valence-corrected chi connectivity index (χ4v) is 3.63. The maximum absolute atomic E-state index is 12.6. The molecule has 1 aromatic heterocycles. The predicted molar refractivity (Wildman–Crippen MR) is 81.3 cm³/mol. The number of aromatic nitrogens is 1. The molecule has 0 bridgehead atoms. The van der Waals surface area contributed by atoms with Crippen molar-refractivity contribution < 1.29 is 14.7 Å². The molecule has 0 radical (unpaired) electrons. The minimum Gasteiger partial charge on any atom is -0.480 e. The van der Waals surface area contributed by atoms with Gasteiger partial charge in [0, 0.05) is 11.1 Å². The van der Waals surface area contributed by atoms with Crippen LogP contribution in [0.15, 0.2) is 36.4 Å². The number of thioether (sulfide) groups is 1. The largest absolute Gasteiger partial charge is 0.480 e. The third-order valence-corrected chi connectivity index (χ3v) is 4.78. The van der Waals surface area contributed by atoms with Gasteiger partial charge in [0.25, 0.3) is 5.91 Å². The van der Waals surface area contributed by atoms with Gasteiger partial charge in [0.1, 0.15) is 11.7 Å². The van der Waals surface area contributed by atoms with Crippen molar-refractivity contribution in [3.63, 3.8) is 0 Å². The average molecular weight is 302 g/mol. The number of carboxylic acid groups (broad SMARTS) is 1. The molecule has 2 unspecified atom stereocenters. The van der Waals surface area contributed by atoms with E-state index in [2.05, 4.69) is 4.98 Å². The van der Waals surface area contributed by atoms with Crippen LogP contribution < -0.4 is 0 Å². The highest BCUT2D eigenvalue weighted by Crippen LogP contribution is 2.30. The van der Waals surface area contributed by atoms with Crippen molar-refractivity contribution in [3.8, 4) is 0 Å². The molecule has 3 rings (SSSR count). The molecule has 1 aliphatic heterocycles. The van der Waals surface area contributed by atoms with E-state index in [0.29, 0.717) is 5.75 Å². The lowest BCUT2D eigenvalue weighted by Crippen LogP contribution is -2.45. The maximum Gasteiger partial charge on any atom is 0.327 e. The number of benzene rings is 1. The van der Waals surface area contributed by atoms with Gasteiger partial charge < -0.3 is 10.0 Å². The van der Waals surface area contributed by atoms with E-state index in [1.807, 2.05) is 37.3 Å². The average Bonchev–Trinajstić information content (AvgIpc) is 2.88. The van der Waals surface area contributed by atoms with Crippen molar-refractivity contribution >= 4 is 34.5 Å². The number of rotatable bonds is 2. The second-order valence-electron chi connectivity index (χ2n) is 4.89. The fraction of sp³-hybridized carbons (Fsp3) is 0.267. The molecule has 2 atom stereocenters. The minimum absolute atomic E-state index is 0.160. The van der Waals surface area contributed by atoms with Gasteiger partial charge in [0.15, 0.2) is 0 Å². The molecule has 0 saturated carbocycles. The Morgan fingerprint density at radius 1 is 1.29 bits per heavy atom. The van der Waals surface area contributed by atoms with Gasteiger partial charge in [-0.15, -0.1) is 11.8 Å². The molecule has 1 aromatic carbocycles. The number of hydrogen-bond donors (Lipinski definition) is 1. The summed E-state index contributed by atoms with van der Waals surface area (Å²) in [5.41, 5.74) is 1.02. The van der Waals surface area contributed by atoms with E-state index in [1.165, 1.54) is 16.7 Å². The number of carbonyl (C=O) groups excluding carboxylic acids is 1. The van der Waals surface area contributed by atoms with Gasteiger partial charge in [-0.05, 0) is 19.1 Å². The van der Waals surface area contributed by atoms with Crippen molar-refractivity contribution in [1.29, 1.82) is 0 Å². The van der Waals surface area contributed by atoms with Gasteiger partial charge in [-0.2, -0.15) is 0 Å². The number of carboxylic acids is 1. The molecular formula is C15H14N2O3S. The van der Waals surface area contributed by atoms with Crippen LogP contribution in [0, 0.1) is 0 Å². The third-order valence-electron chi connectivity index (χ3n) is 3.56. The quantitative estimate of drug-likeness (QED) is 0.921. The molecule has 1 fully saturated rings. The Morgan fingerprint density at radius 3 is 2.81 bits per heavy atom. The van der Waals surface area contributed by atoms with E-state index >= 15 is 0 Å².